The molecule has 1 saturated heterocycles. The van der Waals surface area contributed by atoms with Gasteiger partial charge in [0, 0.05) is 11.6 Å². The van der Waals surface area contributed by atoms with Crippen LogP contribution in [0.5, 0.6) is 0 Å². The second-order valence-corrected chi connectivity index (χ2v) is 7.27. The lowest BCUT2D eigenvalue weighted by Crippen LogP contribution is -2.35. The van der Waals surface area contributed by atoms with Crippen LogP contribution in [0.4, 0.5) is 11.6 Å². The summed E-state index contributed by atoms with van der Waals surface area (Å²) in [5.41, 5.74) is 3.47. The van der Waals surface area contributed by atoms with Crippen LogP contribution in [-0.2, 0) is 16.3 Å². The minimum atomic E-state index is -2.94. The lowest BCUT2D eigenvalue weighted by atomic mass is 10.1. The molecule has 0 bridgehead atoms. The van der Waals surface area contributed by atoms with E-state index in [1.54, 1.807) is 0 Å². The van der Waals surface area contributed by atoms with Gasteiger partial charge in [-0.3, -0.25) is 0 Å². The number of aromatic nitrogens is 2. The summed E-state index contributed by atoms with van der Waals surface area (Å²) >= 11 is 0. The van der Waals surface area contributed by atoms with Gasteiger partial charge in [-0.2, -0.15) is 0 Å². The molecule has 0 saturated carbocycles. The molecule has 2 rings (SSSR count). The van der Waals surface area contributed by atoms with Crippen molar-refractivity contribution in [2.75, 3.05) is 22.2 Å². The van der Waals surface area contributed by atoms with Crippen molar-refractivity contribution in [3.8, 4) is 0 Å². The van der Waals surface area contributed by atoms with Crippen LogP contribution in [0.1, 0.15) is 31.7 Å². The predicted molar refractivity (Wildman–Crippen MR) is 79.1 cm³/mol. The van der Waals surface area contributed by atoms with Gasteiger partial charge in [-0.1, -0.05) is 13.3 Å². The van der Waals surface area contributed by atoms with E-state index in [-0.39, 0.29) is 17.5 Å². The van der Waals surface area contributed by atoms with Crippen LogP contribution in [-0.4, -0.2) is 35.9 Å². The third-order valence-electron chi connectivity index (χ3n) is 3.39. The van der Waals surface area contributed by atoms with Crippen molar-refractivity contribution in [1.82, 2.24) is 9.97 Å². The molecule has 2 heterocycles. The molecule has 4 N–H and O–H groups in total. The summed E-state index contributed by atoms with van der Waals surface area (Å²) in [6.07, 6.45) is 4.66. The number of sulfone groups is 1. The third kappa shape index (κ3) is 3.57. The Morgan fingerprint density at radius 2 is 2.15 bits per heavy atom. The second-order valence-electron chi connectivity index (χ2n) is 5.04. The van der Waals surface area contributed by atoms with Gasteiger partial charge in [0.05, 0.1) is 11.5 Å². The fourth-order valence-electron chi connectivity index (χ4n) is 2.48. The summed E-state index contributed by atoms with van der Waals surface area (Å²) in [4.78, 5) is 8.33. The molecule has 1 aromatic heterocycles. The molecule has 0 amide bonds. The highest BCUT2D eigenvalue weighted by Crippen LogP contribution is 2.23. The molecule has 0 radical (unpaired) electrons. The van der Waals surface area contributed by atoms with Crippen LogP contribution in [0.2, 0.25) is 0 Å². The highest BCUT2D eigenvalue weighted by molar-refractivity contribution is 7.91. The van der Waals surface area contributed by atoms with E-state index in [9.17, 15) is 8.42 Å². The molecule has 0 aromatic carbocycles. The number of nitrogens with one attached hydrogen (secondary N) is 2. The molecule has 1 aliphatic heterocycles. The molecule has 1 unspecified atom stereocenters. The summed E-state index contributed by atoms with van der Waals surface area (Å²) < 4.78 is 23.4. The first-order chi connectivity index (χ1) is 9.55. The molecule has 1 aliphatic rings. The normalized spacial score (nSPS) is 21.4. The quantitative estimate of drug-likeness (QED) is 0.542. The number of hydrazine groups is 1. The van der Waals surface area contributed by atoms with Crippen molar-refractivity contribution in [2.24, 2.45) is 5.84 Å². The first-order valence-corrected chi connectivity index (χ1v) is 8.65. The maximum Gasteiger partial charge on any atom is 0.152 e. The highest BCUT2D eigenvalue weighted by atomic mass is 32.2. The Bertz CT molecular complexity index is 561. The Morgan fingerprint density at radius 3 is 2.80 bits per heavy atom. The molecular weight excluding hydrogens is 278 g/mol. The molecule has 7 nitrogen and oxygen atoms in total. The molecule has 1 fully saturated rings. The minimum Gasteiger partial charge on any atom is -0.366 e. The molecule has 8 heteroatoms. The Hall–Kier alpha value is -1.41. The molecule has 0 spiro atoms. The zero-order valence-corrected chi connectivity index (χ0v) is 12.4. The number of hydrogen-bond donors (Lipinski definition) is 3. The van der Waals surface area contributed by atoms with Crippen molar-refractivity contribution in [2.45, 2.75) is 38.6 Å². The smallest absolute Gasteiger partial charge is 0.152 e. The number of nitrogens with zero attached hydrogens (tertiary/aromatic N) is 2. The first-order valence-electron chi connectivity index (χ1n) is 6.83. The zero-order chi connectivity index (χ0) is 14.6. The Balaban J connectivity index is 2.20. The minimum absolute atomic E-state index is 0.0927. The summed E-state index contributed by atoms with van der Waals surface area (Å²) in [6.45, 7) is 2.06. The van der Waals surface area contributed by atoms with Gasteiger partial charge in [0.15, 0.2) is 9.84 Å². The van der Waals surface area contributed by atoms with Crippen molar-refractivity contribution in [1.29, 1.82) is 0 Å². The van der Waals surface area contributed by atoms with Gasteiger partial charge in [0.1, 0.15) is 18.0 Å². The molecule has 112 valence electrons. The van der Waals surface area contributed by atoms with E-state index in [1.165, 1.54) is 6.33 Å². The third-order valence-corrected chi connectivity index (χ3v) is 5.21. The largest absolute Gasteiger partial charge is 0.366 e. The summed E-state index contributed by atoms with van der Waals surface area (Å²) in [6, 6.07) is -0.0927. The Labute approximate surface area is 119 Å². The molecule has 0 aliphatic carbocycles. The Kier molecular flexibility index (Phi) is 4.77. The standard InChI is InChI=1S/C12H21N5O2S/c1-2-4-10-11(14-8-15-12(10)17-13)16-9-5-3-6-20(18,19)7-9/h8-9H,2-7,13H2,1H3,(H2,14,15,16,17). The van der Waals surface area contributed by atoms with Crippen LogP contribution in [0.15, 0.2) is 6.33 Å². The van der Waals surface area contributed by atoms with Crippen LogP contribution in [0, 0.1) is 0 Å². The van der Waals surface area contributed by atoms with Crippen LogP contribution in [0.3, 0.4) is 0 Å². The molecule has 1 aromatic rings. The number of hydrogen-bond acceptors (Lipinski definition) is 7. The van der Waals surface area contributed by atoms with Crippen molar-refractivity contribution < 1.29 is 8.42 Å². The topological polar surface area (TPSA) is 110 Å². The number of anilines is 2. The molecule has 20 heavy (non-hydrogen) atoms. The van der Waals surface area contributed by atoms with Gasteiger partial charge in [0.25, 0.3) is 0 Å². The average molecular weight is 299 g/mol. The van der Waals surface area contributed by atoms with E-state index in [0.717, 1.165) is 24.8 Å². The lowest BCUT2D eigenvalue weighted by molar-refractivity contribution is 0.561. The van der Waals surface area contributed by atoms with Crippen LogP contribution < -0.4 is 16.6 Å². The van der Waals surface area contributed by atoms with E-state index in [1.807, 2.05) is 0 Å². The fourth-order valence-corrected chi connectivity index (χ4v) is 4.11. The number of nitrogen functional groups attached to an aromatic ring is 1. The van der Waals surface area contributed by atoms with Gasteiger partial charge in [-0.25, -0.2) is 24.2 Å². The van der Waals surface area contributed by atoms with Crippen molar-refractivity contribution in [3.63, 3.8) is 0 Å². The number of nitrogens with two attached hydrogens (primary N) is 1. The van der Waals surface area contributed by atoms with Crippen molar-refractivity contribution >= 4 is 21.5 Å². The highest BCUT2D eigenvalue weighted by Gasteiger charge is 2.25. The van der Waals surface area contributed by atoms with Gasteiger partial charge in [-0.15, -0.1) is 0 Å². The van der Waals surface area contributed by atoms with Crippen LogP contribution in [0.25, 0.3) is 0 Å². The van der Waals surface area contributed by atoms with Gasteiger partial charge in [-0.05, 0) is 19.3 Å². The van der Waals surface area contributed by atoms with E-state index >= 15 is 0 Å². The SMILES string of the molecule is CCCc1c(NN)ncnc1NC1CCCS(=O)(=O)C1. The maximum absolute atomic E-state index is 11.7. The van der Waals surface area contributed by atoms with E-state index in [0.29, 0.717) is 18.1 Å². The molecular formula is C12H21N5O2S. The maximum atomic E-state index is 11.7. The number of rotatable bonds is 5. The zero-order valence-electron chi connectivity index (χ0n) is 11.6. The predicted octanol–water partition coefficient (Wildman–Crippen LogP) is 0.704. The monoisotopic (exact) mass is 299 g/mol. The van der Waals surface area contributed by atoms with E-state index in [4.69, 9.17) is 5.84 Å². The fraction of sp³-hybridized carbons (Fsp3) is 0.667. The summed E-state index contributed by atoms with van der Waals surface area (Å²) in [5.74, 6) is 7.17. The average Bonchev–Trinajstić information content (AvgIpc) is 2.40. The second kappa shape index (κ2) is 6.36. The summed E-state index contributed by atoms with van der Waals surface area (Å²) in [5, 5.41) is 3.24. The van der Waals surface area contributed by atoms with E-state index in [2.05, 4.69) is 27.6 Å². The lowest BCUT2D eigenvalue weighted by Gasteiger charge is -2.25. The van der Waals surface area contributed by atoms with Gasteiger partial charge in [0.2, 0.25) is 0 Å². The van der Waals surface area contributed by atoms with Crippen LogP contribution >= 0.6 is 0 Å². The van der Waals surface area contributed by atoms with Gasteiger partial charge >= 0.3 is 0 Å². The van der Waals surface area contributed by atoms with E-state index < -0.39 is 9.84 Å². The Morgan fingerprint density at radius 1 is 1.40 bits per heavy atom. The first kappa shape index (κ1) is 15.0. The van der Waals surface area contributed by atoms with Crippen molar-refractivity contribution in [3.05, 3.63) is 11.9 Å². The van der Waals surface area contributed by atoms with Gasteiger partial charge < -0.3 is 10.7 Å². The molecule has 1 atom stereocenters. The summed E-state index contributed by atoms with van der Waals surface area (Å²) in [7, 11) is -2.94.